The summed E-state index contributed by atoms with van der Waals surface area (Å²) in [6.45, 7) is 4.51. The number of unbranched alkanes of at least 4 members (excludes halogenated alkanes) is 5. The summed E-state index contributed by atoms with van der Waals surface area (Å²) in [6, 6.07) is 0. The van der Waals surface area contributed by atoms with Crippen molar-refractivity contribution in [1.29, 1.82) is 0 Å². The lowest BCUT2D eigenvalue weighted by Crippen LogP contribution is -2.09. The van der Waals surface area contributed by atoms with E-state index >= 15 is 0 Å². The normalized spacial score (nSPS) is 13.1. The van der Waals surface area contributed by atoms with Crippen LogP contribution in [0.3, 0.4) is 0 Å². The molecule has 0 rings (SSSR count). The molecule has 0 heterocycles. The van der Waals surface area contributed by atoms with Crippen LogP contribution >= 0.6 is 0 Å². The molecule has 0 fully saturated rings. The van der Waals surface area contributed by atoms with Crippen LogP contribution in [0.1, 0.15) is 71.6 Å². The van der Waals surface area contributed by atoms with Crippen molar-refractivity contribution in [3.8, 4) is 0 Å². The smallest absolute Gasteiger partial charge is 0.0571 e. The van der Waals surface area contributed by atoms with Gasteiger partial charge in [-0.15, -0.1) is 0 Å². The third-order valence-electron chi connectivity index (χ3n) is 2.84. The van der Waals surface area contributed by atoms with Gasteiger partial charge in [0.05, 0.1) is 6.10 Å². The molecule has 1 unspecified atom stereocenters. The molecule has 1 atom stereocenters. The highest BCUT2D eigenvalue weighted by molar-refractivity contribution is 4.58. The molecule has 0 aromatic heterocycles. The zero-order chi connectivity index (χ0) is 10.6. The molecule has 0 aromatic carbocycles. The maximum absolute atomic E-state index is 5.46. The molecule has 0 bridgehead atoms. The van der Waals surface area contributed by atoms with E-state index in [1.54, 1.807) is 0 Å². The quantitative estimate of drug-likeness (QED) is 0.470. The van der Waals surface area contributed by atoms with Crippen LogP contribution in [0, 0.1) is 0 Å². The van der Waals surface area contributed by atoms with E-state index < -0.39 is 0 Å². The van der Waals surface area contributed by atoms with Crippen molar-refractivity contribution in [3.63, 3.8) is 0 Å². The first-order valence-corrected chi connectivity index (χ1v) is 6.37. The Balaban J connectivity index is 3.24. The molecule has 14 heavy (non-hydrogen) atoms. The largest absolute Gasteiger partial charge is 0.381 e. The Labute approximate surface area is 90.2 Å². The van der Waals surface area contributed by atoms with Gasteiger partial charge in [-0.3, -0.25) is 0 Å². The number of methoxy groups -OCH3 is 1. The third kappa shape index (κ3) is 8.55. The second kappa shape index (κ2) is 11.0. The Morgan fingerprint density at radius 3 is 1.93 bits per heavy atom. The van der Waals surface area contributed by atoms with Crippen molar-refractivity contribution in [2.75, 3.05) is 7.11 Å². The molecule has 0 aromatic rings. The summed E-state index contributed by atoms with van der Waals surface area (Å²) in [5.74, 6) is 0. The third-order valence-corrected chi connectivity index (χ3v) is 2.84. The standard InChI is InChI=1S/C13H28O/c1-4-6-8-9-10-12-13(14-3)11-7-5-2/h13H,4-12H2,1-3H3. The van der Waals surface area contributed by atoms with Crippen molar-refractivity contribution >= 4 is 0 Å². The van der Waals surface area contributed by atoms with Crippen LogP contribution in [-0.2, 0) is 4.74 Å². The van der Waals surface area contributed by atoms with Gasteiger partial charge in [0.25, 0.3) is 0 Å². The van der Waals surface area contributed by atoms with E-state index in [9.17, 15) is 0 Å². The molecular weight excluding hydrogens is 172 g/mol. The molecule has 0 aliphatic carbocycles. The van der Waals surface area contributed by atoms with Gasteiger partial charge in [0.1, 0.15) is 0 Å². The Bertz CT molecular complexity index is 101. The van der Waals surface area contributed by atoms with Gasteiger partial charge in [0.2, 0.25) is 0 Å². The first-order valence-electron chi connectivity index (χ1n) is 6.37. The summed E-state index contributed by atoms with van der Waals surface area (Å²) in [5.41, 5.74) is 0. The van der Waals surface area contributed by atoms with E-state index in [1.165, 1.54) is 57.8 Å². The second-order valence-electron chi connectivity index (χ2n) is 4.20. The molecule has 0 radical (unpaired) electrons. The highest BCUT2D eigenvalue weighted by Gasteiger charge is 2.05. The number of ether oxygens (including phenoxy) is 1. The Morgan fingerprint density at radius 2 is 1.36 bits per heavy atom. The first-order chi connectivity index (χ1) is 6.85. The average Bonchev–Trinajstić information content (AvgIpc) is 2.22. The summed E-state index contributed by atoms with van der Waals surface area (Å²) in [6.07, 6.45) is 12.5. The summed E-state index contributed by atoms with van der Waals surface area (Å²) >= 11 is 0. The van der Waals surface area contributed by atoms with Gasteiger partial charge >= 0.3 is 0 Å². The SMILES string of the molecule is CCCCCCCC(CCCC)OC. The lowest BCUT2D eigenvalue weighted by Gasteiger charge is -2.14. The number of hydrogen-bond acceptors (Lipinski definition) is 1. The lowest BCUT2D eigenvalue weighted by molar-refractivity contribution is 0.0836. The maximum Gasteiger partial charge on any atom is 0.0571 e. The highest BCUT2D eigenvalue weighted by Crippen LogP contribution is 2.13. The summed E-state index contributed by atoms with van der Waals surface area (Å²) in [5, 5.41) is 0. The van der Waals surface area contributed by atoms with E-state index in [2.05, 4.69) is 13.8 Å². The fourth-order valence-electron chi connectivity index (χ4n) is 1.79. The lowest BCUT2D eigenvalue weighted by atomic mass is 10.0. The van der Waals surface area contributed by atoms with Gasteiger partial charge in [-0.05, 0) is 12.8 Å². The van der Waals surface area contributed by atoms with E-state index in [-0.39, 0.29) is 0 Å². The van der Waals surface area contributed by atoms with Crippen LogP contribution in [0.15, 0.2) is 0 Å². The predicted octanol–water partition coefficient (Wildman–Crippen LogP) is 4.55. The van der Waals surface area contributed by atoms with Crippen molar-refractivity contribution in [2.24, 2.45) is 0 Å². The second-order valence-corrected chi connectivity index (χ2v) is 4.20. The molecular formula is C13H28O. The fourth-order valence-corrected chi connectivity index (χ4v) is 1.79. The Kier molecular flexibility index (Phi) is 11.0. The molecule has 0 saturated carbocycles. The van der Waals surface area contributed by atoms with E-state index in [4.69, 9.17) is 4.74 Å². The molecule has 0 spiro atoms. The minimum atomic E-state index is 0.525. The van der Waals surface area contributed by atoms with Gasteiger partial charge in [-0.1, -0.05) is 58.8 Å². The Morgan fingerprint density at radius 1 is 0.786 bits per heavy atom. The first kappa shape index (κ1) is 14.0. The predicted molar refractivity (Wildman–Crippen MR) is 63.7 cm³/mol. The van der Waals surface area contributed by atoms with Gasteiger partial charge < -0.3 is 4.74 Å². The summed E-state index contributed by atoms with van der Waals surface area (Å²) in [4.78, 5) is 0. The molecule has 1 heteroatoms. The minimum Gasteiger partial charge on any atom is -0.381 e. The van der Waals surface area contributed by atoms with Gasteiger partial charge in [0, 0.05) is 7.11 Å². The van der Waals surface area contributed by atoms with E-state index in [0.29, 0.717) is 6.10 Å². The highest BCUT2D eigenvalue weighted by atomic mass is 16.5. The van der Waals surface area contributed by atoms with Crippen LogP contribution in [-0.4, -0.2) is 13.2 Å². The zero-order valence-corrected chi connectivity index (χ0v) is 10.3. The molecule has 0 aliphatic rings. The van der Waals surface area contributed by atoms with Crippen molar-refractivity contribution in [2.45, 2.75) is 77.7 Å². The van der Waals surface area contributed by atoms with Crippen LogP contribution in [0.5, 0.6) is 0 Å². The summed E-state index contributed by atoms with van der Waals surface area (Å²) < 4.78 is 5.46. The Hall–Kier alpha value is -0.0400. The van der Waals surface area contributed by atoms with Gasteiger partial charge in [-0.25, -0.2) is 0 Å². The molecule has 1 nitrogen and oxygen atoms in total. The van der Waals surface area contributed by atoms with E-state index in [1.807, 2.05) is 7.11 Å². The minimum absolute atomic E-state index is 0.525. The summed E-state index contributed by atoms with van der Waals surface area (Å²) in [7, 11) is 1.85. The van der Waals surface area contributed by atoms with Gasteiger partial charge in [-0.2, -0.15) is 0 Å². The molecule has 86 valence electrons. The van der Waals surface area contributed by atoms with Crippen molar-refractivity contribution < 1.29 is 4.74 Å². The van der Waals surface area contributed by atoms with Crippen LogP contribution in [0.25, 0.3) is 0 Å². The van der Waals surface area contributed by atoms with E-state index in [0.717, 1.165) is 0 Å². The van der Waals surface area contributed by atoms with Crippen molar-refractivity contribution in [3.05, 3.63) is 0 Å². The van der Waals surface area contributed by atoms with Gasteiger partial charge in [0.15, 0.2) is 0 Å². The monoisotopic (exact) mass is 200 g/mol. The molecule has 0 amide bonds. The maximum atomic E-state index is 5.46. The van der Waals surface area contributed by atoms with Crippen LogP contribution < -0.4 is 0 Å². The fraction of sp³-hybridized carbons (Fsp3) is 1.00. The number of rotatable bonds is 10. The zero-order valence-electron chi connectivity index (χ0n) is 10.3. The molecule has 0 aliphatic heterocycles. The topological polar surface area (TPSA) is 9.23 Å². The van der Waals surface area contributed by atoms with Crippen LogP contribution in [0.4, 0.5) is 0 Å². The molecule has 0 N–H and O–H groups in total. The molecule has 0 saturated heterocycles. The van der Waals surface area contributed by atoms with Crippen LogP contribution in [0.2, 0.25) is 0 Å². The van der Waals surface area contributed by atoms with Crippen molar-refractivity contribution in [1.82, 2.24) is 0 Å². The number of hydrogen-bond donors (Lipinski definition) is 0. The average molecular weight is 200 g/mol.